The van der Waals surface area contributed by atoms with Crippen LogP contribution in [0.1, 0.15) is 13.3 Å². The Labute approximate surface area is 52.8 Å². The molecular formula is C5H9NO3. The fourth-order valence-electron chi connectivity index (χ4n) is 0.402. The molecule has 52 valence electrons. The second-order valence-corrected chi connectivity index (χ2v) is 1.58. The zero-order valence-electron chi connectivity index (χ0n) is 5.16. The Morgan fingerprint density at radius 1 is 1.67 bits per heavy atom. The molecule has 4 nitrogen and oxygen atoms in total. The standard InChI is InChI=1S/C5H9NO3/c1-4(8)5(6-9)2-3-7/h7,9H,2-3H2,1H3/b6-5+. The third kappa shape index (κ3) is 2.81. The molecule has 0 amide bonds. The van der Waals surface area contributed by atoms with Crippen LogP contribution in [0.5, 0.6) is 0 Å². The van der Waals surface area contributed by atoms with E-state index >= 15 is 0 Å². The van der Waals surface area contributed by atoms with Gasteiger partial charge in [0.05, 0.1) is 0 Å². The average molecular weight is 131 g/mol. The molecule has 9 heavy (non-hydrogen) atoms. The van der Waals surface area contributed by atoms with Gasteiger partial charge in [-0.15, -0.1) is 0 Å². The quantitative estimate of drug-likeness (QED) is 0.316. The first-order valence-electron chi connectivity index (χ1n) is 2.55. The molecule has 0 aliphatic heterocycles. The number of ketones is 1. The summed E-state index contributed by atoms with van der Waals surface area (Å²) in [6.45, 7) is 1.11. The molecule has 0 rings (SSSR count). The van der Waals surface area contributed by atoms with Crippen molar-refractivity contribution in [2.24, 2.45) is 5.16 Å². The van der Waals surface area contributed by atoms with Crippen molar-refractivity contribution in [2.75, 3.05) is 6.61 Å². The smallest absolute Gasteiger partial charge is 0.177 e. The highest BCUT2D eigenvalue weighted by atomic mass is 16.4. The van der Waals surface area contributed by atoms with Gasteiger partial charge in [0.15, 0.2) is 5.78 Å². The summed E-state index contributed by atoms with van der Waals surface area (Å²) in [5.41, 5.74) is 0.0116. The summed E-state index contributed by atoms with van der Waals surface area (Å²) in [5, 5.41) is 19.0. The van der Waals surface area contributed by atoms with Crippen LogP contribution in [0.4, 0.5) is 0 Å². The van der Waals surface area contributed by atoms with Crippen molar-refractivity contribution < 1.29 is 15.1 Å². The van der Waals surface area contributed by atoms with Crippen LogP contribution in [-0.2, 0) is 4.79 Å². The third-order valence-corrected chi connectivity index (χ3v) is 0.876. The highest BCUT2D eigenvalue weighted by molar-refractivity contribution is 6.38. The Balaban J connectivity index is 3.85. The molecule has 2 N–H and O–H groups in total. The minimum absolute atomic E-state index is 0.0116. The molecule has 0 spiro atoms. The molecule has 0 unspecified atom stereocenters. The van der Waals surface area contributed by atoms with E-state index < -0.39 is 0 Å². The number of aliphatic hydroxyl groups excluding tert-OH is 1. The van der Waals surface area contributed by atoms with Crippen molar-refractivity contribution >= 4 is 11.5 Å². The van der Waals surface area contributed by atoms with Crippen molar-refractivity contribution in [3.63, 3.8) is 0 Å². The molecule has 0 aliphatic carbocycles. The predicted molar refractivity (Wildman–Crippen MR) is 31.6 cm³/mol. The van der Waals surface area contributed by atoms with Crippen LogP contribution in [0.2, 0.25) is 0 Å². The molecule has 4 heteroatoms. The summed E-state index contributed by atoms with van der Waals surface area (Å²) in [7, 11) is 0. The summed E-state index contributed by atoms with van der Waals surface area (Å²) in [6, 6.07) is 0. The predicted octanol–water partition coefficient (Wildman–Crippen LogP) is -0.212. The first-order valence-corrected chi connectivity index (χ1v) is 2.55. The van der Waals surface area contributed by atoms with Crippen LogP contribution in [0.3, 0.4) is 0 Å². The maximum absolute atomic E-state index is 10.4. The first kappa shape index (κ1) is 8.10. The van der Waals surface area contributed by atoms with E-state index in [1.165, 1.54) is 6.92 Å². The number of rotatable bonds is 3. The highest BCUT2D eigenvalue weighted by Gasteiger charge is 2.03. The molecule has 0 atom stereocenters. The third-order valence-electron chi connectivity index (χ3n) is 0.876. The number of Topliss-reactive ketones (excluding diaryl/α,β-unsaturated/α-hetero) is 1. The van der Waals surface area contributed by atoms with E-state index in [9.17, 15) is 4.79 Å². The Morgan fingerprint density at radius 3 is 2.33 bits per heavy atom. The second-order valence-electron chi connectivity index (χ2n) is 1.58. The molecule has 0 radical (unpaired) electrons. The number of oxime groups is 1. The molecule has 0 aromatic rings. The maximum Gasteiger partial charge on any atom is 0.177 e. The Kier molecular flexibility index (Phi) is 3.62. The summed E-state index contributed by atoms with van der Waals surface area (Å²) in [5.74, 6) is -0.313. The molecule has 0 aliphatic rings. The van der Waals surface area contributed by atoms with Gasteiger partial charge in [-0.2, -0.15) is 0 Å². The molecule has 0 fully saturated rings. The van der Waals surface area contributed by atoms with Gasteiger partial charge in [-0.1, -0.05) is 5.16 Å². The Bertz CT molecular complexity index is 130. The lowest BCUT2D eigenvalue weighted by Crippen LogP contribution is -2.11. The first-order chi connectivity index (χ1) is 4.22. The van der Waals surface area contributed by atoms with Crippen LogP contribution in [0, 0.1) is 0 Å². The van der Waals surface area contributed by atoms with E-state index in [2.05, 4.69) is 5.16 Å². The molecule has 0 saturated heterocycles. The van der Waals surface area contributed by atoms with Gasteiger partial charge < -0.3 is 10.3 Å². The van der Waals surface area contributed by atoms with E-state index in [1.54, 1.807) is 0 Å². The van der Waals surface area contributed by atoms with Crippen molar-refractivity contribution in [1.82, 2.24) is 0 Å². The summed E-state index contributed by atoms with van der Waals surface area (Å²) in [6.07, 6.45) is 0.117. The molecule has 0 aromatic heterocycles. The molecule has 0 aromatic carbocycles. The Hall–Kier alpha value is -0.900. The topological polar surface area (TPSA) is 69.9 Å². The summed E-state index contributed by atoms with van der Waals surface area (Å²) < 4.78 is 0. The lowest BCUT2D eigenvalue weighted by Gasteiger charge is -1.92. The van der Waals surface area contributed by atoms with E-state index in [1.807, 2.05) is 0 Å². The van der Waals surface area contributed by atoms with Gasteiger partial charge in [-0.3, -0.25) is 4.79 Å². The van der Waals surface area contributed by atoms with Crippen molar-refractivity contribution in [3.8, 4) is 0 Å². The van der Waals surface area contributed by atoms with Crippen molar-refractivity contribution in [2.45, 2.75) is 13.3 Å². The van der Waals surface area contributed by atoms with Crippen LogP contribution >= 0.6 is 0 Å². The zero-order chi connectivity index (χ0) is 7.28. The van der Waals surface area contributed by atoms with Crippen LogP contribution in [0.25, 0.3) is 0 Å². The van der Waals surface area contributed by atoms with Gasteiger partial charge in [0.2, 0.25) is 0 Å². The van der Waals surface area contributed by atoms with E-state index in [0.29, 0.717) is 0 Å². The van der Waals surface area contributed by atoms with E-state index in [4.69, 9.17) is 10.3 Å². The van der Waals surface area contributed by atoms with Crippen LogP contribution < -0.4 is 0 Å². The van der Waals surface area contributed by atoms with E-state index in [-0.39, 0.29) is 24.5 Å². The van der Waals surface area contributed by atoms with Crippen molar-refractivity contribution in [3.05, 3.63) is 0 Å². The fraction of sp³-hybridized carbons (Fsp3) is 0.600. The molecule has 0 saturated carbocycles. The largest absolute Gasteiger partial charge is 0.411 e. The maximum atomic E-state index is 10.4. The number of hydrogen-bond acceptors (Lipinski definition) is 4. The number of aliphatic hydroxyl groups is 1. The minimum atomic E-state index is -0.313. The number of carbonyl (C=O) groups excluding carboxylic acids is 1. The average Bonchev–Trinajstić information content (AvgIpc) is 1.82. The highest BCUT2D eigenvalue weighted by Crippen LogP contribution is 1.85. The lowest BCUT2D eigenvalue weighted by atomic mass is 10.2. The Morgan fingerprint density at radius 2 is 2.22 bits per heavy atom. The number of hydrogen-bond donors (Lipinski definition) is 2. The zero-order valence-corrected chi connectivity index (χ0v) is 5.16. The SMILES string of the molecule is CC(=O)/C(CCO)=N/O. The van der Waals surface area contributed by atoms with Crippen LogP contribution in [-0.4, -0.2) is 28.4 Å². The number of carbonyl (C=O) groups is 1. The van der Waals surface area contributed by atoms with Gasteiger partial charge in [0, 0.05) is 20.0 Å². The van der Waals surface area contributed by atoms with Crippen LogP contribution in [0.15, 0.2) is 5.16 Å². The molecule has 0 heterocycles. The number of nitrogens with zero attached hydrogens (tertiary/aromatic N) is 1. The van der Waals surface area contributed by atoms with Gasteiger partial charge in [0.1, 0.15) is 5.71 Å². The molecular weight excluding hydrogens is 122 g/mol. The second kappa shape index (κ2) is 4.03. The lowest BCUT2D eigenvalue weighted by molar-refractivity contribution is -0.111. The van der Waals surface area contributed by atoms with Gasteiger partial charge in [-0.25, -0.2) is 0 Å². The van der Waals surface area contributed by atoms with Crippen molar-refractivity contribution in [1.29, 1.82) is 0 Å². The normalized spacial score (nSPS) is 11.6. The minimum Gasteiger partial charge on any atom is -0.411 e. The van der Waals surface area contributed by atoms with E-state index in [0.717, 1.165) is 0 Å². The summed E-state index contributed by atoms with van der Waals surface area (Å²) in [4.78, 5) is 10.4. The van der Waals surface area contributed by atoms with Gasteiger partial charge in [-0.05, 0) is 0 Å². The van der Waals surface area contributed by atoms with Gasteiger partial charge >= 0.3 is 0 Å². The summed E-state index contributed by atoms with van der Waals surface area (Å²) >= 11 is 0. The molecule has 0 bridgehead atoms. The monoisotopic (exact) mass is 131 g/mol. The fourth-order valence-corrected chi connectivity index (χ4v) is 0.402. The van der Waals surface area contributed by atoms with Gasteiger partial charge in [0.25, 0.3) is 0 Å².